The fourth-order valence-electron chi connectivity index (χ4n) is 2.96. The lowest BCUT2D eigenvalue weighted by Gasteiger charge is -2.32. The van der Waals surface area contributed by atoms with Gasteiger partial charge in [0.15, 0.2) is 0 Å². The first-order valence-electron chi connectivity index (χ1n) is 8.17. The second-order valence-electron chi connectivity index (χ2n) is 5.85. The van der Waals surface area contributed by atoms with Gasteiger partial charge in [-0.1, -0.05) is 0 Å². The maximum absolute atomic E-state index is 12.8. The highest BCUT2D eigenvalue weighted by atomic mass is 16.2. The van der Waals surface area contributed by atoms with Gasteiger partial charge < -0.3 is 5.32 Å². The third kappa shape index (κ3) is 3.15. The van der Waals surface area contributed by atoms with E-state index in [-0.39, 0.29) is 11.8 Å². The summed E-state index contributed by atoms with van der Waals surface area (Å²) in [5, 5.41) is 7.07. The molecule has 1 aliphatic rings. The van der Waals surface area contributed by atoms with Crippen molar-refractivity contribution in [3.8, 4) is 0 Å². The van der Waals surface area contributed by atoms with Gasteiger partial charge in [0, 0.05) is 36.6 Å². The van der Waals surface area contributed by atoms with Crippen molar-refractivity contribution in [1.29, 1.82) is 0 Å². The van der Waals surface area contributed by atoms with Crippen LogP contribution in [0.5, 0.6) is 0 Å². The van der Waals surface area contributed by atoms with Crippen LogP contribution in [-0.2, 0) is 11.3 Å². The number of hydrogen-bond acceptors (Lipinski definition) is 4. The molecular weight excluding hydrogens is 306 g/mol. The van der Waals surface area contributed by atoms with Gasteiger partial charge in [0.1, 0.15) is 11.9 Å². The van der Waals surface area contributed by atoms with Crippen LogP contribution in [0, 0.1) is 6.92 Å². The van der Waals surface area contributed by atoms with Crippen LogP contribution in [0.3, 0.4) is 0 Å². The molecule has 0 saturated carbocycles. The molecule has 0 aromatic carbocycles. The molecule has 24 heavy (non-hydrogen) atoms. The smallest absolute Gasteiger partial charge is 0.252 e. The first-order chi connectivity index (χ1) is 11.6. The van der Waals surface area contributed by atoms with E-state index in [0.29, 0.717) is 25.1 Å². The molecular formula is C17H21N5O2. The Morgan fingerprint density at radius 1 is 1.38 bits per heavy atom. The Kier molecular flexibility index (Phi) is 4.59. The molecule has 7 nitrogen and oxygen atoms in total. The quantitative estimate of drug-likeness (QED) is 0.923. The number of carbonyl (C=O) groups is 2. The average molecular weight is 327 g/mol. The molecule has 3 heterocycles. The zero-order valence-electron chi connectivity index (χ0n) is 13.9. The van der Waals surface area contributed by atoms with Crippen molar-refractivity contribution >= 4 is 17.6 Å². The fraction of sp³-hybridized carbons (Fsp3) is 0.412. The van der Waals surface area contributed by atoms with E-state index in [4.69, 9.17) is 0 Å². The van der Waals surface area contributed by atoms with Crippen molar-refractivity contribution in [2.75, 3.05) is 11.4 Å². The van der Waals surface area contributed by atoms with E-state index in [2.05, 4.69) is 15.4 Å². The summed E-state index contributed by atoms with van der Waals surface area (Å²) in [4.78, 5) is 31.0. The Morgan fingerprint density at radius 3 is 2.96 bits per heavy atom. The summed E-state index contributed by atoms with van der Waals surface area (Å²) in [7, 11) is 0. The van der Waals surface area contributed by atoms with Crippen molar-refractivity contribution in [1.82, 2.24) is 20.1 Å². The van der Waals surface area contributed by atoms with Gasteiger partial charge in [-0.3, -0.25) is 19.5 Å². The van der Waals surface area contributed by atoms with Crippen molar-refractivity contribution in [2.45, 2.75) is 39.3 Å². The summed E-state index contributed by atoms with van der Waals surface area (Å²) in [5.74, 6) is 0.446. The van der Waals surface area contributed by atoms with Crippen LogP contribution in [-0.4, -0.2) is 39.2 Å². The average Bonchev–Trinajstić information content (AvgIpc) is 3.05. The summed E-state index contributed by atoms with van der Waals surface area (Å²) >= 11 is 0. The Morgan fingerprint density at radius 2 is 2.21 bits per heavy atom. The lowest BCUT2D eigenvalue weighted by molar-refractivity contribution is -0.121. The molecule has 3 rings (SSSR count). The number of nitrogens with zero attached hydrogens (tertiary/aromatic N) is 4. The third-order valence-electron chi connectivity index (χ3n) is 4.17. The zero-order valence-corrected chi connectivity index (χ0v) is 13.9. The van der Waals surface area contributed by atoms with Crippen LogP contribution >= 0.6 is 0 Å². The standard InChI is InChI=1S/C17H21N5O2/c1-3-22-15(7-9-19-22)21-10-4-5-14(17(21)24)20-16(23)13-6-8-18-12(2)11-13/h6-9,11,14H,3-5,10H2,1-2H3,(H,20,23). The lowest BCUT2D eigenvalue weighted by Crippen LogP contribution is -2.53. The zero-order chi connectivity index (χ0) is 17.1. The first kappa shape index (κ1) is 16.2. The van der Waals surface area contributed by atoms with Gasteiger partial charge in [-0.2, -0.15) is 5.10 Å². The number of rotatable bonds is 4. The molecule has 2 aromatic heterocycles. The Bertz CT molecular complexity index is 755. The summed E-state index contributed by atoms with van der Waals surface area (Å²) in [6, 6.07) is 4.68. The topological polar surface area (TPSA) is 80.1 Å². The van der Waals surface area contributed by atoms with Crippen molar-refractivity contribution < 1.29 is 9.59 Å². The summed E-state index contributed by atoms with van der Waals surface area (Å²) in [6.07, 6.45) is 4.76. The van der Waals surface area contributed by atoms with Gasteiger partial charge in [0.2, 0.25) is 0 Å². The molecule has 1 aliphatic heterocycles. The number of anilines is 1. The highest BCUT2D eigenvalue weighted by molar-refractivity contribution is 6.02. The predicted octanol–water partition coefficient (Wildman–Crippen LogP) is 1.53. The molecule has 2 amide bonds. The summed E-state index contributed by atoms with van der Waals surface area (Å²) in [5.41, 5.74) is 1.29. The molecule has 0 spiro atoms. The molecule has 7 heteroatoms. The van der Waals surface area contributed by atoms with Crippen LogP contribution < -0.4 is 10.2 Å². The van der Waals surface area contributed by atoms with Gasteiger partial charge in [0.25, 0.3) is 11.8 Å². The Balaban J connectivity index is 1.75. The summed E-state index contributed by atoms with van der Waals surface area (Å²) < 4.78 is 1.79. The van der Waals surface area contributed by atoms with E-state index in [0.717, 1.165) is 17.9 Å². The van der Waals surface area contributed by atoms with Crippen molar-refractivity contribution in [3.63, 3.8) is 0 Å². The van der Waals surface area contributed by atoms with Gasteiger partial charge >= 0.3 is 0 Å². The van der Waals surface area contributed by atoms with Gasteiger partial charge in [-0.05, 0) is 38.8 Å². The van der Waals surface area contributed by atoms with Gasteiger partial charge in [0.05, 0.1) is 6.20 Å². The van der Waals surface area contributed by atoms with Crippen LogP contribution in [0.4, 0.5) is 5.82 Å². The number of aryl methyl sites for hydroxylation is 2. The van der Waals surface area contributed by atoms with E-state index in [9.17, 15) is 9.59 Å². The van der Waals surface area contributed by atoms with Crippen LogP contribution in [0.25, 0.3) is 0 Å². The largest absolute Gasteiger partial charge is 0.340 e. The normalized spacial score (nSPS) is 17.8. The number of amides is 2. The molecule has 2 aromatic rings. The minimum Gasteiger partial charge on any atom is -0.340 e. The molecule has 126 valence electrons. The van der Waals surface area contributed by atoms with E-state index in [1.807, 2.05) is 19.9 Å². The van der Waals surface area contributed by atoms with Crippen molar-refractivity contribution in [2.24, 2.45) is 0 Å². The second kappa shape index (κ2) is 6.82. The molecule has 1 saturated heterocycles. The van der Waals surface area contributed by atoms with E-state index >= 15 is 0 Å². The first-order valence-corrected chi connectivity index (χ1v) is 8.17. The fourth-order valence-corrected chi connectivity index (χ4v) is 2.96. The van der Waals surface area contributed by atoms with Crippen molar-refractivity contribution in [3.05, 3.63) is 41.9 Å². The maximum atomic E-state index is 12.8. The summed E-state index contributed by atoms with van der Waals surface area (Å²) in [6.45, 7) is 5.15. The second-order valence-corrected chi connectivity index (χ2v) is 5.85. The SMILES string of the molecule is CCn1nccc1N1CCCC(NC(=O)c2ccnc(C)c2)C1=O. The number of aromatic nitrogens is 3. The number of hydrogen-bond donors (Lipinski definition) is 1. The molecule has 1 N–H and O–H groups in total. The van der Waals surface area contributed by atoms with E-state index in [1.54, 1.807) is 34.1 Å². The van der Waals surface area contributed by atoms with Gasteiger partial charge in [-0.15, -0.1) is 0 Å². The third-order valence-corrected chi connectivity index (χ3v) is 4.17. The van der Waals surface area contributed by atoms with E-state index < -0.39 is 6.04 Å². The highest BCUT2D eigenvalue weighted by Gasteiger charge is 2.32. The van der Waals surface area contributed by atoms with Crippen LogP contribution in [0.1, 0.15) is 35.8 Å². The molecule has 0 bridgehead atoms. The molecule has 1 atom stereocenters. The monoisotopic (exact) mass is 327 g/mol. The number of nitrogens with one attached hydrogen (secondary N) is 1. The Hall–Kier alpha value is -2.70. The van der Waals surface area contributed by atoms with Crippen LogP contribution in [0.15, 0.2) is 30.6 Å². The minimum absolute atomic E-state index is 0.0874. The Labute approximate surface area is 140 Å². The molecule has 1 fully saturated rings. The number of piperidine rings is 1. The maximum Gasteiger partial charge on any atom is 0.252 e. The predicted molar refractivity (Wildman–Crippen MR) is 89.7 cm³/mol. The lowest BCUT2D eigenvalue weighted by atomic mass is 10.0. The van der Waals surface area contributed by atoms with Crippen LogP contribution in [0.2, 0.25) is 0 Å². The molecule has 1 unspecified atom stereocenters. The molecule has 0 radical (unpaired) electrons. The number of carbonyl (C=O) groups excluding carboxylic acids is 2. The van der Waals surface area contributed by atoms with E-state index in [1.165, 1.54) is 0 Å². The van der Waals surface area contributed by atoms with Gasteiger partial charge in [-0.25, -0.2) is 4.68 Å². The minimum atomic E-state index is -0.514. The number of pyridine rings is 1. The highest BCUT2D eigenvalue weighted by Crippen LogP contribution is 2.21. The molecule has 0 aliphatic carbocycles.